The number of ether oxygens (including phenoxy) is 1. The van der Waals surface area contributed by atoms with Gasteiger partial charge in [-0.3, -0.25) is 4.99 Å². The molecule has 148 valence electrons. The Kier molecular flexibility index (Phi) is 9.20. The van der Waals surface area contributed by atoms with Crippen molar-refractivity contribution in [1.82, 2.24) is 10.6 Å². The SMILES string of the molecule is CCNC(=NCCc1ccsc1)NC1CCN(c2ccccc2OC)C1.I. The van der Waals surface area contributed by atoms with E-state index in [-0.39, 0.29) is 24.0 Å². The van der Waals surface area contributed by atoms with Crippen LogP contribution in [0.2, 0.25) is 0 Å². The maximum absolute atomic E-state index is 5.50. The quantitative estimate of drug-likeness (QED) is 0.346. The molecule has 2 N–H and O–H groups in total. The van der Waals surface area contributed by atoms with Crippen molar-refractivity contribution in [3.8, 4) is 5.75 Å². The van der Waals surface area contributed by atoms with E-state index in [0.29, 0.717) is 6.04 Å². The first kappa shape index (κ1) is 21.8. The first-order chi connectivity index (χ1) is 12.8. The van der Waals surface area contributed by atoms with Crippen molar-refractivity contribution in [2.45, 2.75) is 25.8 Å². The summed E-state index contributed by atoms with van der Waals surface area (Å²) >= 11 is 1.74. The van der Waals surface area contributed by atoms with E-state index in [4.69, 9.17) is 9.73 Å². The third-order valence-corrected chi connectivity index (χ3v) is 5.28. The lowest BCUT2D eigenvalue weighted by molar-refractivity contribution is 0.415. The van der Waals surface area contributed by atoms with Crippen molar-refractivity contribution in [2.24, 2.45) is 4.99 Å². The Morgan fingerprint density at radius 3 is 2.93 bits per heavy atom. The molecule has 5 nitrogen and oxygen atoms in total. The van der Waals surface area contributed by atoms with Gasteiger partial charge in [0.1, 0.15) is 5.75 Å². The molecule has 2 aromatic rings. The average molecular weight is 500 g/mol. The van der Waals surface area contributed by atoms with Gasteiger partial charge in [0.15, 0.2) is 5.96 Å². The van der Waals surface area contributed by atoms with Crippen LogP contribution in [0.4, 0.5) is 5.69 Å². The lowest BCUT2D eigenvalue weighted by Gasteiger charge is -2.22. The number of rotatable bonds is 7. The van der Waals surface area contributed by atoms with Gasteiger partial charge in [-0.25, -0.2) is 0 Å². The molecule has 0 amide bonds. The maximum Gasteiger partial charge on any atom is 0.191 e. The Morgan fingerprint density at radius 2 is 2.19 bits per heavy atom. The third kappa shape index (κ3) is 6.27. The monoisotopic (exact) mass is 500 g/mol. The number of hydrogen-bond donors (Lipinski definition) is 2. The number of guanidine groups is 1. The van der Waals surface area contributed by atoms with Crippen molar-refractivity contribution < 1.29 is 4.74 Å². The van der Waals surface area contributed by atoms with Crippen molar-refractivity contribution in [3.63, 3.8) is 0 Å². The molecule has 1 aromatic carbocycles. The van der Waals surface area contributed by atoms with Crippen LogP contribution in [-0.2, 0) is 6.42 Å². The van der Waals surface area contributed by atoms with Gasteiger partial charge in [-0.05, 0) is 54.3 Å². The zero-order valence-corrected chi connectivity index (χ0v) is 19.1. The minimum Gasteiger partial charge on any atom is -0.495 e. The minimum atomic E-state index is 0. The number of para-hydroxylation sites is 2. The molecule has 27 heavy (non-hydrogen) atoms. The molecule has 0 radical (unpaired) electrons. The van der Waals surface area contributed by atoms with E-state index < -0.39 is 0 Å². The smallest absolute Gasteiger partial charge is 0.191 e. The molecule has 1 aliphatic rings. The molecule has 7 heteroatoms. The van der Waals surface area contributed by atoms with Crippen LogP contribution in [-0.4, -0.2) is 45.3 Å². The van der Waals surface area contributed by atoms with Crippen molar-refractivity contribution in [3.05, 3.63) is 46.7 Å². The Bertz CT molecular complexity index is 708. The van der Waals surface area contributed by atoms with Crippen LogP contribution in [0.1, 0.15) is 18.9 Å². The zero-order chi connectivity index (χ0) is 18.2. The third-order valence-electron chi connectivity index (χ3n) is 4.55. The number of nitrogens with zero attached hydrogens (tertiary/aromatic N) is 2. The number of halogens is 1. The lowest BCUT2D eigenvalue weighted by Crippen LogP contribution is -2.44. The van der Waals surface area contributed by atoms with Crippen LogP contribution in [0.25, 0.3) is 0 Å². The van der Waals surface area contributed by atoms with Crippen LogP contribution in [0.15, 0.2) is 46.1 Å². The van der Waals surface area contributed by atoms with Gasteiger partial charge in [0.25, 0.3) is 0 Å². The Labute approximate surface area is 183 Å². The maximum atomic E-state index is 5.50. The molecule has 0 spiro atoms. The standard InChI is InChI=1S/C20H28N4OS.HI/c1-3-21-20(22-11-8-16-10-13-26-15-16)23-17-9-12-24(14-17)18-6-4-5-7-19(18)25-2;/h4-7,10,13,15,17H,3,8-9,11-12,14H2,1-2H3,(H2,21,22,23);1H. The number of anilines is 1. The molecule has 2 heterocycles. The van der Waals surface area contributed by atoms with Crippen LogP contribution in [0.5, 0.6) is 5.75 Å². The molecular weight excluding hydrogens is 471 g/mol. The highest BCUT2D eigenvalue weighted by Gasteiger charge is 2.25. The van der Waals surface area contributed by atoms with Crippen LogP contribution < -0.4 is 20.3 Å². The molecule has 1 aliphatic heterocycles. The second kappa shape index (κ2) is 11.4. The van der Waals surface area contributed by atoms with Crippen molar-refractivity contribution >= 4 is 47.0 Å². The van der Waals surface area contributed by atoms with E-state index in [1.807, 2.05) is 12.1 Å². The van der Waals surface area contributed by atoms with E-state index in [1.54, 1.807) is 18.4 Å². The van der Waals surface area contributed by atoms with E-state index in [9.17, 15) is 0 Å². The first-order valence-corrected chi connectivity index (χ1v) is 10.2. The molecular formula is C20H29IN4OS. The molecule has 3 rings (SSSR count). The fourth-order valence-corrected chi connectivity index (χ4v) is 3.94. The molecule has 0 bridgehead atoms. The summed E-state index contributed by atoms with van der Waals surface area (Å²) in [6.45, 7) is 5.75. The van der Waals surface area contributed by atoms with Gasteiger partial charge in [-0.15, -0.1) is 24.0 Å². The van der Waals surface area contributed by atoms with Gasteiger partial charge in [-0.2, -0.15) is 11.3 Å². The predicted molar refractivity (Wildman–Crippen MR) is 126 cm³/mol. The fraction of sp³-hybridized carbons (Fsp3) is 0.450. The van der Waals surface area contributed by atoms with E-state index >= 15 is 0 Å². The largest absolute Gasteiger partial charge is 0.495 e. The van der Waals surface area contributed by atoms with Gasteiger partial charge in [0, 0.05) is 32.2 Å². The number of benzene rings is 1. The molecule has 0 aliphatic carbocycles. The summed E-state index contributed by atoms with van der Waals surface area (Å²) in [5, 5.41) is 11.3. The highest BCUT2D eigenvalue weighted by Crippen LogP contribution is 2.30. The zero-order valence-electron chi connectivity index (χ0n) is 16.0. The Hall–Kier alpha value is -1.48. The number of aliphatic imine (C=N–C) groups is 1. The van der Waals surface area contributed by atoms with Gasteiger partial charge in [0.2, 0.25) is 0 Å². The summed E-state index contributed by atoms with van der Waals surface area (Å²) in [4.78, 5) is 7.12. The number of hydrogen-bond acceptors (Lipinski definition) is 4. The summed E-state index contributed by atoms with van der Waals surface area (Å²) in [5.74, 6) is 1.85. The number of nitrogens with one attached hydrogen (secondary N) is 2. The van der Waals surface area contributed by atoms with Crippen LogP contribution in [0.3, 0.4) is 0 Å². The second-order valence-electron chi connectivity index (χ2n) is 6.39. The molecule has 1 aromatic heterocycles. The molecule has 1 fully saturated rings. The topological polar surface area (TPSA) is 48.9 Å². The van der Waals surface area contributed by atoms with Gasteiger partial charge in [0.05, 0.1) is 12.8 Å². The van der Waals surface area contributed by atoms with E-state index in [0.717, 1.165) is 50.7 Å². The van der Waals surface area contributed by atoms with Crippen molar-refractivity contribution in [2.75, 3.05) is 38.2 Å². The Morgan fingerprint density at radius 1 is 1.33 bits per heavy atom. The fourth-order valence-electron chi connectivity index (χ4n) is 3.23. The highest BCUT2D eigenvalue weighted by atomic mass is 127. The van der Waals surface area contributed by atoms with E-state index in [1.165, 1.54) is 11.3 Å². The number of methoxy groups -OCH3 is 1. The molecule has 1 atom stereocenters. The molecule has 1 saturated heterocycles. The van der Waals surface area contributed by atoms with Gasteiger partial charge in [-0.1, -0.05) is 12.1 Å². The lowest BCUT2D eigenvalue weighted by atomic mass is 10.2. The van der Waals surface area contributed by atoms with Crippen molar-refractivity contribution in [1.29, 1.82) is 0 Å². The minimum absolute atomic E-state index is 0. The summed E-state index contributed by atoms with van der Waals surface area (Å²) in [6.07, 6.45) is 2.07. The van der Waals surface area contributed by atoms with E-state index in [2.05, 4.69) is 51.4 Å². The predicted octanol–water partition coefficient (Wildman–Crippen LogP) is 3.75. The highest BCUT2D eigenvalue weighted by molar-refractivity contribution is 14.0. The number of thiophene rings is 1. The van der Waals surface area contributed by atoms with Gasteiger partial charge < -0.3 is 20.3 Å². The molecule has 1 unspecified atom stereocenters. The first-order valence-electron chi connectivity index (χ1n) is 9.24. The normalized spacial score (nSPS) is 16.7. The van der Waals surface area contributed by atoms with Crippen LogP contribution >= 0.6 is 35.3 Å². The molecule has 0 saturated carbocycles. The summed E-state index contributed by atoms with van der Waals surface area (Å²) in [5.41, 5.74) is 2.52. The average Bonchev–Trinajstić information content (AvgIpc) is 3.34. The second-order valence-corrected chi connectivity index (χ2v) is 7.17. The van der Waals surface area contributed by atoms with Gasteiger partial charge >= 0.3 is 0 Å². The summed E-state index contributed by atoms with van der Waals surface area (Å²) < 4.78 is 5.50. The van der Waals surface area contributed by atoms with Crippen LogP contribution in [0, 0.1) is 0 Å². The summed E-state index contributed by atoms with van der Waals surface area (Å²) in [6, 6.07) is 10.8. The Balaban J connectivity index is 0.00000261. The summed E-state index contributed by atoms with van der Waals surface area (Å²) in [7, 11) is 1.73.